The Hall–Kier alpha value is -2.44. The van der Waals surface area contributed by atoms with Crippen LogP contribution in [-0.2, 0) is 4.79 Å². The highest BCUT2D eigenvalue weighted by Gasteiger charge is 2.23. The van der Waals surface area contributed by atoms with Gasteiger partial charge in [-0.05, 0) is 6.07 Å². The number of rotatable bonds is 5. The standard InChI is InChI=1S/C14H18N2O5/c1-14(2,3)12(17)8-15-13(18)10-6-5-9(16(19)20)7-11(10)21-4/h5-7H,8H2,1-4H3,(H,15,18). The molecule has 0 saturated heterocycles. The summed E-state index contributed by atoms with van der Waals surface area (Å²) in [7, 11) is 1.32. The van der Waals surface area contributed by atoms with Gasteiger partial charge in [0.15, 0.2) is 5.78 Å². The van der Waals surface area contributed by atoms with E-state index >= 15 is 0 Å². The van der Waals surface area contributed by atoms with Gasteiger partial charge in [-0.15, -0.1) is 0 Å². The van der Waals surface area contributed by atoms with E-state index in [-0.39, 0.29) is 29.3 Å². The Morgan fingerprint density at radius 3 is 2.43 bits per heavy atom. The second-order valence-corrected chi connectivity index (χ2v) is 5.50. The third-order valence-corrected chi connectivity index (χ3v) is 2.89. The molecule has 0 saturated carbocycles. The quantitative estimate of drug-likeness (QED) is 0.661. The number of hydrogen-bond donors (Lipinski definition) is 1. The maximum Gasteiger partial charge on any atom is 0.273 e. The van der Waals surface area contributed by atoms with Crippen LogP contribution in [0.15, 0.2) is 18.2 Å². The number of carbonyl (C=O) groups is 2. The number of non-ortho nitro benzene ring substituents is 1. The summed E-state index contributed by atoms with van der Waals surface area (Å²) >= 11 is 0. The molecule has 0 spiro atoms. The number of Topliss-reactive ketones (excluding diaryl/α,β-unsaturated/α-hetero) is 1. The van der Waals surface area contributed by atoms with Gasteiger partial charge < -0.3 is 10.1 Å². The molecule has 0 aliphatic rings. The van der Waals surface area contributed by atoms with Crippen LogP contribution in [0.2, 0.25) is 0 Å². The Morgan fingerprint density at radius 1 is 1.33 bits per heavy atom. The van der Waals surface area contributed by atoms with E-state index in [0.717, 1.165) is 0 Å². The number of nitrogens with one attached hydrogen (secondary N) is 1. The minimum Gasteiger partial charge on any atom is -0.496 e. The number of nitro groups is 1. The van der Waals surface area contributed by atoms with E-state index in [1.165, 1.54) is 25.3 Å². The van der Waals surface area contributed by atoms with Crippen LogP contribution in [0.25, 0.3) is 0 Å². The second-order valence-electron chi connectivity index (χ2n) is 5.50. The highest BCUT2D eigenvalue weighted by atomic mass is 16.6. The smallest absolute Gasteiger partial charge is 0.273 e. The van der Waals surface area contributed by atoms with Gasteiger partial charge in [-0.1, -0.05) is 20.8 Å². The predicted molar refractivity (Wildman–Crippen MR) is 76.4 cm³/mol. The molecule has 0 unspecified atom stereocenters. The molecular weight excluding hydrogens is 276 g/mol. The van der Waals surface area contributed by atoms with E-state index in [9.17, 15) is 19.7 Å². The van der Waals surface area contributed by atoms with Crippen molar-refractivity contribution >= 4 is 17.4 Å². The van der Waals surface area contributed by atoms with E-state index in [2.05, 4.69) is 5.32 Å². The van der Waals surface area contributed by atoms with Gasteiger partial charge in [0.2, 0.25) is 0 Å². The number of methoxy groups -OCH3 is 1. The summed E-state index contributed by atoms with van der Waals surface area (Å²) in [5, 5.41) is 13.2. The molecule has 114 valence electrons. The molecule has 1 N–H and O–H groups in total. The highest BCUT2D eigenvalue weighted by molar-refractivity contribution is 5.99. The summed E-state index contributed by atoms with van der Waals surface area (Å²) in [6.07, 6.45) is 0. The third-order valence-electron chi connectivity index (χ3n) is 2.89. The number of nitrogens with zero attached hydrogens (tertiary/aromatic N) is 1. The number of carbonyl (C=O) groups excluding carboxylic acids is 2. The van der Waals surface area contributed by atoms with Gasteiger partial charge in [-0.2, -0.15) is 0 Å². The lowest BCUT2D eigenvalue weighted by molar-refractivity contribution is -0.384. The van der Waals surface area contributed by atoms with Gasteiger partial charge in [0.1, 0.15) is 5.75 Å². The van der Waals surface area contributed by atoms with E-state index in [1.54, 1.807) is 20.8 Å². The molecule has 1 amide bonds. The first-order valence-corrected chi connectivity index (χ1v) is 6.30. The first kappa shape index (κ1) is 16.6. The van der Waals surface area contributed by atoms with Gasteiger partial charge in [0.05, 0.1) is 30.2 Å². The molecule has 0 aliphatic carbocycles. The maximum absolute atomic E-state index is 12.0. The van der Waals surface area contributed by atoms with E-state index in [0.29, 0.717) is 0 Å². The lowest BCUT2D eigenvalue weighted by Crippen LogP contribution is -2.35. The summed E-state index contributed by atoms with van der Waals surface area (Å²) < 4.78 is 4.98. The molecule has 1 rings (SSSR count). The maximum atomic E-state index is 12.0. The molecule has 0 aliphatic heterocycles. The van der Waals surface area contributed by atoms with Gasteiger partial charge in [-0.25, -0.2) is 0 Å². The van der Waals surface area contributed by atoms with Crippen molar-refractivity contribution in [1.29, 1.82) is 0 Å². The summed E-state index contributed by atoms with van der Waals surface area (Å²) in [4.78, 5) is 33.9. The number of nitro benzene ring substituents is 1. The second kappa shape index (κ2) is 6.34. The van der Waals surface area contributed by atoms with E-state index < -0.39 is 16.2 Å². The average Bonchev–Trinajstić information content (AvgIpc) is 2.42. The number of amides is 1. The van der Waals surface area contributed by atoms with Crippen LogP contribution >= 0.6 is 0 Å². The molecule has 7 nitrogen and oxygen atoms in total. The molecule has 7 heteroatoms. The lowest BCUT2D eigenvalue weighted by atomic mass is 9.91. The Balaban J connectivity index is 2.88. The minimum absolute atomic E-state index is 0.0879. The van der Waals surface area contributed by atoms with Crippen molar-refractivity contribution in [3.8, 4) is 5.75 Å². The van der Waals surface area contributed by atoms with E-state index in [4.69, 9.17) is 4.74 Å². The Kier molecular flexibility index (Phi) is 5.02. The first-order chi connectivity index (χ1) is 9.66. The van der Waals surface area contributed by atoms with Crippen LogP contribution in [0.1, 0.15) is 31.1 Å². The van der Waals surface area contributed by atoms with Gasteiger partial charge in [-0.3, -0.25) is 19.7 Å². The SMILES string of the molecule is COc1cc([N+](=O)[O-])ccc1C(=O)NCC(=O)C(C)(C)C. The minimum atomic E-state index is -0.576. The topological polar surface area (TPSA) is 98.5 Å². The van der Waals surface area contributed by atoms with Crippen molar-refractivity contribution in [3.63, 3.8) is 0 Å². The fourth-order valence-corrected chi connectivity index (χ4v) is 1.50. The molecule has 1 aromatic carbocycles. The molecule has 0 aromatic heterocycles. The molecular formula is C14H18N2O5. The van der Waals surface area contributed by atoms with Crippen LogP contribution in [0.5, 0.6) is 5.75 Å². The van der Waals surface area contributed by atoms with Gasteiger partial charge in [0, 0.05) is 11.5 Å². The van der Waals surface area contributed by atoms with Crippen molar-refractivity contribution in [2.24, 2.45) is 5.41 Å². The number of benzene rings is 1. The van der Waals surface area contributed by atoms with Crippen LogP contribution in [0.3, 0.4) is 0 Å². The fourth-order valence-electron chi connectivity index (χ4n) is 1.50. The molecule has 0 fully saturated rings. The Morgan fingerprint density at radius 2 is 1.95 bits per heavy atom. The molecule has 21 heavy (non-hydrogen) atoms. The Bertz CT molecular complexity index is 575. The monoisotopic (exact) mass is 294 g/mol. The average molecular weight is 294 g/mol. The van der Waals surface area contributed by atoms with Crippen molar-refractivity contribution in [2.45, 2.75) is 20.8 Å². The van der Waals surface area contributed by atoms with Crippen molar-refractivity contribution in [1.82, 2.24) is 5.32 Å². The van der Waals surface area contributed by atoms with Crippen molar-refractivity contribution in [2.75, 3.05) is 13.7 Å². The van der Waals surface area contributed by atoms with Gasteiger partial charge >= 0.3 is 0 Å². The number of hydrogen-bond acceptors (Lipinski definition) is 5. The zero-order valence-electron chi connectivity index (χ0n) is 12.4. The number of ether oxygens (including phenoxy) is 1. The summed E-state index contributed by atoms with van der Waals surface area (Å²) in [6, 6.07) is 3.68. The largest absolute Gasteiger partial charge is 0.496 e. The Labute approximate surface area is 122 Å². The van der Waals surface area contributed by atoms with Gasteiger partial charge in [0.25, 0.3) is 11.6 Å². The van der Waals surface area contributed by atoms with E-state index in [1.807, 2.05) is 0 Å². The van der Waals surface area contributed by atoms with Crippen LogP contribution in [0.4, 0.5) is 5.69 Å². The van der Waals surface area contributed by atoms with Crippen LogP contribution < -0.4 is 10.1 Å². The highest BCUT2D eigenvalue weighted by Crippen LogP contribution is 2.24. The molecule has 0 atom stereocenters. The normalized spacial score (nSPS) is 10.9. The first-order valence-electron chi connectivity index (χ1n) is 6.30. The number of ketones is 1. The summed E-state index contributed by atoms with van der Waals surface area (Å²) in [5.41, 5.74) is -0.577. The lowest BCUT2D eigenvalue weighted by Gasteiger charge is -2.17. The summed E-state index contributed by atoms with van der Waals surface area (Å²) in [6.45, 7) is 5.17. The van der Waals surface area contributed by atoms with Crippen molar-refractivity contribution < 1.29 is 19.2 Å². The summed E-state index contributed by atoms with van der Waals surface area (Å²) in [5.74, 6) is -0.541. The van der Waals surface area contributed by atoms with Crippen molar-refractivity contribution in [3.05, 3.63) is 33.9 Å². The zero-order chi connectivity index (χ0) is 16.2. The zero-order valence-corrected chi connectivity index (χ0v) is 12.4. The predicted octanol–water partition coefficient (Wildman–Crippen LogP) is 1.95. The fraction of sp³-hybridized carbons (Fsp3) is 0.429. The van der Waals surface area contributed by atoms with Crippen LogP contribution in [0, 0.1) is 15.5 Å². The van der Waals surface area contributed by atoms with Crippen LogP contribution in [-0.4, -0.2) is 30.3 Å². The molecule has 1 aromatic rings. The molecule has 0 heterocycles. The molecule has 0 bridgehead atoms. The third kappa shape index (κ3) is 4.27. The molecule has 0 radical (unpaired) electrons.